The summed E-state index contributed by atoms with van der Waals surface area (Å²) in [6.45, 7) is 3.06. The number of aromatic nitrogens is 4. The monoisotopic (exact) mass is 353 g/mol. The van der Waals surface area contributed by atoms with Crippen LogP contribution in [0.3, 0.4) is 0 Å². The zero-order chi connectivity index (χ0) is 17.2. The Labute approximate surface area is 148 Å². The van der Waals surface area contributed by atoms with Crippen molar-refractivity contribution in [2.45, 2.75) is 19.9 Å². The van der Waals surface area contributed by atoms with Gasteiger partial charge in [-0.1, -0.05) is 30.4 Å². The van der Waals surface area contributed by atoms with Crippen LogP contribution in [0, 0.1) is 5.82 Å². The highest BCUT2D eigenvalue weighted by Gasteiger charge is 2.08. The van der Waals surface area contributed by atoms with Gasteiger partial charge in [0.25, 0.3) is 0 Å². The fourth-order valence-electron chi connectivity index (χ4n) is 2.64. The Kier molecular flexibility index (Phi) is 4.15. The van der Waals surface area contributed by atoms with Crippen LogP contribution in [0.2, 0.25) is 0 Å². The summed E-state index contributed by atoms with van der Waals surface area (Å²) in [5, 5.41) is 3.98. The van der Waals surface area contributed by atoms with Gasteiger partial charge in [0.1, 0.15) is 17.2 Å². The fourth-order valence-corrected chi connectivity index (χ4v) is 3.47. The van der Waals surface area contributed by atoms with Gasteiger partial charge < -0.3 is 9.88 Å². The number of nitrogens with one attached hydrogen (secondary N) is 1. The van der Waals surface area contributed by atoms with Crippen LogP contribution in [0.4, 0.5) is 15.3 Å². The summed E-state index contributed by atoms with van der Waals surface area (Å²) in [5.41, 5.74) is 2.87. The minimum absolute atomic E-state index is 0.243. The summed E-state index contributed by atoms with van der Waals surface area (Å²) >= 11 is 1.50. The zero-order valence-corrected chi connectivity index (χ0v) is 14.4. The van der Waals surface area contributed by atoms with E-state index in [1.54, 1.807) is 24.5 Å². The largest absolute Gasteiger partial charge is 0.330 e. The first-order valence-corrected chi connectivity index (χ1v) is 8.84. The Hall–Kier alpha value is -2.80. The second-order valence-electron chi connectivity index (χ2n) is 5.66. The summed E-state index contributed by atoms with van der Waals surface area (Å²) in [7, 11) is 0. The summed E-state index contributed by atoms with van der Waals surface area (Å²) in [5.74, 6) is 0.484. The van der Waals surface area contributed by atoms with Crippen molar-refractivity contribution in [1.82, 2.24) is 19.5 Å². The number of rotatable bonds is 5. The van der Waals surface area contributed by atoms with E-state index in [1.807, 2.05) is 12.4 Å². The molecule has 1 aromatic carbocycles. The van der Waals surface area contributed by atoms with Crippen molar-refractivity contribution in [2.75, 3.05) is 5.32 Å². The lowest BCUT2D eigenvalue weighted by Gasteiger charge is -2.04. The molecule has 0 fully saturated rings. The van der Waals surface area contributed by atoms with E-state index in [0.717, 1.165) is 45.4 Å². The van der Waals surface area contributed by atoms with Gasteiger partial charge >= 0.3 is 0 Å². The maximum atomic E-state index is 13.0. The van der Waals surface area contributed by atoms with Gasteiger partial charge in [0.15, 0.2) is 5.13 Å². The number of nitrogens with zero attached hydrogens (tertiary/aromatic N) is 4. The number of thiazole rings is 1. The van der Waals surface area contributed by atoms with Crippen molar-refractivity contribution in [3.63, 3.8) is 0 Å². The van der Waals surface area contributed by atoms with Crippen molar-refractivity contribution in [3.05, 3.63) is 54.9 Å². The van der Waals surface area contributed by atoms with Gasteiger partial charge in [-0.2, -0.15) is 0 Å². The van der Waals surface area contributed by atoms with Gasteiger partial charge in [-0.3, -0.25) is 0 Å². The molecule has 0 amide bonds. The first-order chi connectivity index (χ1) is 12.2. The molecule has 1 N–H and O–H groups in total. The molecular weight excluding hydrogens is 337 g/mol. The summed E-state index contributed by atoms with van der Waals surface area (Å²) < 4.78 is 15.2. The van der Waals surface area contributed by atoms with E-state index in [2.05, 4.69) is 31.8 Å². The Morgan fingerprint density at radius 2 is 1.96 bits per heavy atom. The summed E-state index contributed by atoms with van der Waals surface area (Å²) in [6.07, 6.45) is 6.43. The molecule has 4 aromatic rings. The molecule has 0 atom stereocenters. The molecule has 126 valence electrons. The van der Waals surface area contributed by atoms with E-state index >= 15 is 0 Å². The average molecular weight is 353 g/mol. The zero-order valence-electron chi connectivity index (χ0n) is 13.6. The molecule has 0 aliphatic carbocycles. The second kappa shape index (κ2) is 6.60. The van der Waals surface area contributed by atoms with Crippen LogP contribution >= 0.6 is 11.3 Å². The molecule has 0 aliphatic heterocycles. The molecule has 3 aromatic heterocycles. The van der Waals surface area contributed by atoms with Crippen LogP contribution in [-0.4, -0.2) is 19.5 Å². The minimum Gasteiger partial charge on any atom is -0.330 e. The highest BCUT2D eigenvalue weighted by molar-refractivity contribution is 7.18. The van der Waals surface area contributed by atoms with Crippen LogP contribution in [0.25, 0.3) is 21.5 Å². The Morgan fingerprint density at radius 3 is 2.76 bits per heavy atom. The van der Waals surface area contributed by atoms with E-state index in [-0.39, 0.29) is 5.82 Å². The van der Waals surface area contributed by atoms with Crippen LogP contribution < -0.4 is 5.32 Å². The number of fused-ring (bicyclic) bond motifs is 1. The van der Waals surface area contributed by atoms with Crippen molar-refractivity contribution in [3.8, 4) is 10.4 Å². The van der Waals surface area contributed by atoms with Gasteiger partial charge in [-0.05, 0) is 24.1 Å². The molecule has 0 unspecified atom stereocenters. The minimum atomic E-state index is -0.243. The quantitative estimate of drug-likeness (QED) is 0.557. The molecule has 0 saturated carbocycles. The maximum Gasteiger partial charge on any atom is 0.188 e. The maximum absolute atomic E-state index is 13.0. The van der Waals surface area contributed by atoms with Gasteiger partial charge in [-0.15, -0.1) is 0 Å². The molecular formula is C18H16FN5S. The van der Waals surface area contributed by atoms with Gasteiger partial charge in [-0.25, -0.2) is 19.3 Å². The fraction of sp³-hybridized carbons (Fsp3) is 0.167. The van der Waals surface area contributed by atoms with Crippen LogP contribution in [0.15, 0.2) is 49.1 Å². The lowest BCUT2D eigenvalue weighted by atomic mass is 10.2. The summed E-state index contributed by atoms with van der Waals surface area (Å²) in [6, 6.07) is 8.39. The Morgan fingerprint density at radius 1 is 1.12 bits per heavy atom. The normalized spacial score (nSPS) is 11.1. The third kappa shape index (κ3) is 3.23. The van der Waals surface area contributed by atoms with Crippen LogP contribution in [0.5, 0.6) is 0 Å². The third-order valence-corrected chi connectivity index (χ3v) is 4.80. The highest BCUT2D eigenvalue weighted by atomic mass is 32.1. The lowest BCUT2D eigenvalue weighted by molar-refractivity contribution is 0.628. The number of hydrogen-bond donors (Lipinski definition) is 1. The van der Waals surface area contributed by atoms with Crippen molar-refractivity contribution >= 4 is 33.3 Å². The number of aryl methyl sites for hydroxylation is 1. The van der Waals surface area contributed by atoms with Crippen molar-refractivity contribution in [2.24, 2.45) is 0 Å². The number of halogens is 1. The van der Waals surface area contributed by atoms with E-state index in [0.29, 0.717) is 0 Å². The van der Waals surface area contributed by atoms with E-state index in [9.17, 15) is 4.39 Å². The molecule has 4 rings (SSSR count). The predicted octanol–water partition coefficient (Wildman–Crippen LogP) is 4.85. The number of anilines is 2. The highest BCUT2D eigenvalue weighted by Crippen LogP contribution is 2.30. The molecule has 3 heterocycles. The third-order valence-electron chi connectivity index (χ3n) is 3.84. The van der Waals surface area contributed by atoms with E-state index < -0.39 is 0 Å². The second-order valence-corrected chi connectivity index (χ2v) is 6.69. The molecule has 0 radical (unpaired) electrons. The van der Waals surface area contributed by atoms with Crippen LogP contribution in [-0.2, 0) is 6.54 Å². The summed E-state index contributed by atoms with van der Waals surface area (Å²) in [4.78, 5) is 14.1. The van der Waals surface area contributed by atoms with Gasteiger partial charge in [0, 0.05) is 18.8 Å². The number of imidazole rings is 1. The molecule has 0 saturated heterocycles. The van der Waals surface area contributed by atoms with Gasteiger partial charge in [0.05, 0.1) is 22.9 Å². The van der Waals surface area contributed by atoms with Crippen LogP contribution in [0.1, 0.15) is 13.3 Å². The molecule has 0 spiro atoms. The first kappa shape index (κ1) is 15.7. The van der Waals surface area contributed by atoms with Crippen molar-refractivity contribution < 1.29 is 4.39 Å². The molecule has 25 heavy (non-hydrogen) atoms. The Bertz CT molecular complexity index is 1010. The number of pyridine rings is 1. The number of benzene rings is 1. The van der Waals surface area contributed by atoms with Crippen molar-refractivity contribution in [1.29, 1.82) is 0 Å². The number of hydrogen-bond acceptors (Lipinski definition) is 5. The smallest absolute Gasteiger partial charge is 0.188 e. The SMILES string of the molecule is CCCn1cnc2cnc(Nc3ncc(-c4ccc(F)cc4)s3)cc21. The van der Waals surface area contributed by atoms with E-state index in [4.69, 9.17) is 0 Å². The first-order valence-electron chi connectivity index (χ1n) is 8.02. The Balaban J connectivity index is 1.59. The predicted molar refractivity (Wildman–Crippen MR) is 98.6 cm³/mol. The molecule has 0 aliphatic rings. The van der Waals surface area contributed by atoms with Gasteiger partial charge in [0.2, 0.25) is 0 Å². The molecule has 7 heteroatoms. The molecule has 0 bridgehead atoms. The lowest BCUT2D eigenvalue weighted by Crippen LogP contribution is -1.96. The molecule has 5 nitrogen and oxygen atoms in total. The average Bonchev–Trinajstić information content (AvgIpc) is 3.24. The van der Waals surface area contributed by atoms with E-state index in [1.165, 1.54) is 23.5 Å². The topological polar surface area (TPSA) is 55.6 Å². The standard InChI is InChI=1S/C18H16FN5S/c1-2-7-24-11-22-14-9-20-17(8-15(14)24)23-18-21-10-16(25-18)12-3-5-13(19)6-4-12/h3-6,8-11H,2,7H2,1H3,(H,20,21,23).